The van der Waals surface area contributed by atoms with Crippen LogP contribution in [0.3, 0.4) is 0 Å². The zero-order valence-electron chi connectivity index (χ0n) is 12.2. The molecule has 0 unspecified atom stereocenters. The Morgan fingerprint density at radius 2 is 2.10 bits per heavy atom. The third kappa shape index (κ3) is 3.46. The zero-order chi connectivity index (χ0) is 15.4. The van der Waals surface area contributed by atoms with Crippen molar-refractivity contribution in [3.63, 3.8) is 0 Å². The van der Waals surface area contributed by atoms with Crippen molar-refractivity contribution in [1.82, 2.24) is 4.98 Å². The number of nitro groups is 1. The van der Waals surface area contributed by atoms with E-state index in [4.69, 9.17) is 5.11 Å². The van der Waals surface area contributed by atoms with Gasteiger partial charge in [0.2, 0.25) is 0 Å². The first-order chi connectivity index (χ1) is 10.0. The van der Waals surface area contributed by atoms with Crippen molar-refractivity contribution in [3.8, 4) is 0 Å². The van der Waals surface area contributed by atoms with Gasteiger partial charge in [-0.05, 0) is 38.5 Å². The number of rotatable bonds is 6. The summed E-state index contributed by atoms with van der Waals surface area (Å²) < 4.78 is 0. The van der Waals surface area contributed by atoms with Crippen molar-refractivity contribution in [2.45, 2.75) is 26.3 Å². The maximum atomic E-state index is 10.8. The third-order valence-corrected chi connectivity index (χ3v) is 3.34. The maximum Gasteiger partial charge on any atom is 0.270 e. The molecule has 1 N–H and O–H groups in total. The third-order valence-electron chi connectivity index (χ3n) is 3.34. The van der Waals surface area contributed by atoms with Crippen molar-refractivity contribution in [1.29, 1.82) is 0 Å². The van der Waals surface area contributed by atoms with Gasteiger partial charge in [-0.3, -0.25) is 10.1 Å². The molecule has 112 valence electrons. The molecule has 0 aliphatic heterocycles. The normalized spacial score (nSPS) is 11.0. The summed E-state index contributed by atoms with van der Waals surface area (Å²) in [5.41, 5.74) is 0.797. The van der Waals surface area contributed by atoms with Crippen LogP contribution in [0.1, 0.15) is 20.3 Å². The number of benzene rings is 1. The lowest BCUT2D eigenvalue weighted by atomic mass is 10.2. The van der Waals surface area contributed by atoms with Gasteiger partial charge in [-0.1, -0.05) is 0 Å². The highest BCUT2D eigenvalue weighted by Crippen LogP contribution is 2.23. The van der Waals surface area contributed by atoms with Gasteiger partial charge in [0.15, 0.2) is 0 Å². The van der Waals surface area contributed by atoms with E-state index in [1.807, 2.05) is 12.1 Å². The van der Waals surface area contributed by atoms with E-state index < -0.39 is 4.92 Å². The van der Waals surface area contributed by atoms with Crippen LogP contribution in [0, 0.1) is 10.1 Å². The molecular weight excluding hydrogens is 270 g/mol. The number of aliphatic hydroxyl groups excluding tert-OH is 1. The number of aromatic nitrogens is 1. The lowest BCUT2D eigenvalue weighted by Gasteiger charge is -2.27. The van der Waals surface area contributed by atoms with Crippen molar-refractivity contribution < 1.29 is 10.0 Å². The van der Waals surface area contributed by atoms with Gasteiger partial charge in [0.1, 0.15) is 5.82 Å². The topological polar surface area (TPSA) is 79.5 Å². The molecule has 0 saturated carbocycles. The van der Waals surface area contributed by atoms with E-state index in [1.165, 1.54) is 12.1 Å². The van der Waals surface area contributed by atoms with Crippen molar-refractivity contribution in [3.05, 3.63) is 40.4 Å². The summed E-state index contributed by atoms with van der Waals surface area (Å²) >= 11 is 0. The predicted octanol–water partition coefficient (Wildman–Crippen LogP) is 2.74. The SMILES string of the molecule is CC(C)N(CCCO)c1ccc2cc([N+](=O)[O-])ccc2n1. The summed E-state index contributed by atoms with van der Waals surface area (Å²) in [6.07, 6.45) is 0.679. The van der Waals surface area contributed by atoms with Crippen LogP contribution in [0.25, 0.3) is 10.9 Å². The molecule has 0 radical (unpaired) electrons. The summed E-state index contributed by atoms with van der Waals surface area (Å²) in [5.74, 6) is 0.819. The lowest BCUT2D eigenvalue weighted by Crippen LogP contribution is -2.32. The van der Waals surface area contributed by atoms with Crippen LogP contribution in [0.5, 0.6) is 0 Å². The summed E-state index contributed by atoms with van der Waals surface area (Å²) in [4.78, 5) is 17.1. The van der Waals surface area contributed by atoms with E-state index in [-0.39, 0.29) is 18.3 Å². The van der Waals surface area contributed by atoms with Gasteiger partial charge in [0.05, 0.1) is 10.4 Å². The first kappa shape index (κ1) is 15.2. The molecule has 2 rings (SSSR count). The van der Waals surface area contributed by atoms with Crippen LogP contribution in [0.15, 0.2) is 30.3 Å². The molecule has 0 fully saturated rings. The average molecular weight is 289 g/mol. The Labute approximate surface area is 123 Å². The Morgan fingerprint density at radius 3 is 2.71 bits per heavy atom. The van der Waals surface area contributed by atoms with E-state index in [2.05, 4.69) is 23.7 Å². The Balaban J connectivity index is 2.37. The Hall–Kier alpha value is -2.21. The van der Waals surface area contributed by atoms with E-state index >= 15 is 0 Å². The zero-order valence-corrected chi connectivity index (χ0v) is 12.2. The van der Waals surface area contributed by atoms with Gasteiger partial charge < -0.3 is 10.0 Å². The van der Waals surface area contributed by atoms with Gasteiger partial charge in [-0.15, -0.1) is 0 Å². The molecule has 0 atom stereocenters. The van der Waals surface area contributed by atoms with Crippen LogP contribution in [-0.4, -0.2) is 34.2 Å². The molecule has 6 nitrogen and oxygen atoms in total. The molecule has 0 bridgehead atoms. The number of fused-ring (bicyclic) bond motifs is 1. The highest BCUT2D eigenvalue weighted by atomic mass is 16.6. The molecule has 1 heterocycles. The molecule has 0 saturated heterocycles. The van der Waals surface area contributed by atoms with Crippen molar-refractivity contribution in [2.75, 3.05) is 18.1 Å². The molecular formula is C15H19N3O3. The summed E-state index contributed by atoms with van der Waals surface area (Å²) in [6.45, 7) is 5.00. The van der Waals surface area contributed by atoms with Crippen LogP contribution in [0.2, 0.25) is 0 Å². The summed E-state index contributed by atoms with van der Waals surface area (Å²) in [7, 11) is 0. The van der Waals surface area contributed by atoms with Crippen molar-refractivity contribution >= 4 is 22.4 Å². The monoisotopic (exact) mass is 289 g/mol. The second-order valence-electron chi connectivity index (χ2n) is 5.17. The number of aliphatic hydroxyl groups is 1. The Kier molecular flexibility index (Phi) is 4.70. The highest BCUT2D eigenvalue weighted by molar-refractivity contribution is 5.82. The minimum atomic E-state index is -0.408. The van der Waals surface area contributed by atoms with E-state index in [0.29, 0.717) is 6.42 Å². The van der Waals surface area contributed by atoms with Crippen LogP contribution < -0.4 is 4.90 Å². The number of anilines is 1. The maximum absolute atomic E-state index is 10.8. The fourth-order valence-corrected chi connectivity index (χ4v) is 2.25. The van der Waals surface area contributed by atoms with Crippen molar-refractivity contribution in [2.24, 2.45) is 0 Å². The van der Waals surface area contributed by atoms with Crippen LogP contribution >= 0.6 is 0 Å². The van der Waals surface area contributed by atoms with Gasteiger partial charge in [0.25, 0.3) is 5.69 Å². The summed E-state index contributed by atoms with van der Waals surface area (Å²) in [5, 5.41) is 20.5. The molecule has 6 heteroatoms. The van der Waals surface area contributed by atoms with Crippen LogP contribution in [0.4, 0.5) is 11.5 Å². The largest absolute Gasteiger partial charge is 0.396 e. The smallest absolute Gasteiger partial charge is 0.270 e. The number of non-ortho nitro benzene ring substituents is 1. The van der Waals surface area contributed by atoms with E-state index in [0.717, 1.165) is 23.3 Å². The molecule has 0 spiro atoms. The Morgan fingerprint density at radius 1 is 1.33 bits per heavy atom. The highest BCUT2D eigenvalue weighted by Gasteiger charge is 2.13. The predicted molar refractivity (Wildman–Crippen MR) is 82.6 cm³/mol. The second-order valence-corrected chi connectivity index (χ2v) is 5.17. The van der Waals surface area contributed by atoms with E-state index in [9.17, 15) is 10.1 Å². The average Bonchev–Trinajstić information content (AvgIpc) is 2.46. The fraction of sp³-hybridized carbons (Fsp3) is 0.400. The van der Waals surface area contributed by atoms with E-state index in [1.54, 1.807) is 6.07 Å². The van der Waals surface area contributed by atoms with Gasteiger partial charge in [-0.25, -0.2) is 4.98 Å². The molecule has 1 aromatic heterocycles. The van der Waals surface area contributed by atoms with Gasteiger partial charge in [-0.2, -0.15) is 0 Å². The number of pyridine rings is 1. The molecule has 0 amide bonds. The first-order valence-electron chi connectivity index (χ1n) is 6.95. The number of nitro benzene ring substituents is 1. The minimum absolute atomic E-state index is 0.0676. The number of hydrogen-bond donors (Lipinski definition) is 1. The molecule has 0 aliphatic rings. The van der Waals surface area contributed by atoms with Gasteiger partial charge in [0, 0.05) is 36.7 Å². The number of nitrogens with zero attached hydrogens (tertiary/aromatic N) is 3. The second kappa shape index (κ2) is 6.49. The number of hydrogen-bond acceptors (Lipinski definition) is 5. The van der Waals surface area contributed by atoms with Crippen LogP contribution in [-0.2, 0) is 0 Å². The minimum Gasteiger partial charge on any atom is -0.396 e. The fourth-order valence-electron chi connectivity index (χ4n) is 2.25. The first-order valence-corrected chi connectivity index (χ1v) is 6.95. The summed E-state index contributed by atoms with van der Waals surface area (Å²) in [6, 6.07) is 8.63. The molecule has 21 heavy (non-hydrogen) atoms. The quantitative estimate of drug-likeness (QED) is 0.653. The molecule has 1 aromatic carbocycles. The standard InChI is InChI=1S/C15H19N3O3/c1-11(2)17(8-3-9-19)15-7-4-12-10-13(18(20)21)5-6-14(12)16-15/h4-7,10-11,19H,3,8-9H2,1-2H3. The Bertz CT molecular complexity index is 643. The molecule has 0 aliphatic carbocycles. The lowest BCUT2D eigenvalue weighted by molar-refractivity contribution is -0.384. The molecule has 2 aromatic rings. The van der Waals surface area contributed by atoms with Gasteiger partial charge >= 0.3 is 0 Å².